The summed E-state index contributed by atoms with van der Waals surface area (Å²) in [5.74, 6) is 0.919. The van der Waals surface area contributed by atoms with Crippen LogP contribution in [0.15, 0.2) is 48.5 Å². The summed E-state index contributed by atoms with van der Waals surface area (Å²) in [6, 6.07) is 15.4. The molecule has 0 aliphatic rings. The highest BCUT2D eigenvalue weighted by Crippen LogP contribution is 2.14. The van der Waals surface area contributed by atoms with E-state index in [1.54, 1.807) is 12.1 Å². The summed E-state index contributed by atoms with van der Waals surface area (Å²) in [4.78, 5) is 0. The number of aryl methyl sites for hydroxylation is 1. The van der Waals surface area contributed by atoms with Crippen LogP contribution in [0.25, 0.3) is 0 Å². The number of benzene rings is 2. The SMILES string of the molecule is CC(C)c1cccc(F)c1.Cc1ccc(C(C)C)cc1. The van der Waals surface area contributed by atoms with Crippen LogP contribution in [0.1, 0.15) is 56.2 Å². The highest BCUT2D eigenvalue weighted by atomic mass is 19.1. The molecule has 0 nitrogen and oxygen atoms in total. The van der Waals surface area contributed by atoms with Crippen molar-refractivity contribution in [2.45, 2.75) is 46.5 Å². The third-order valence-electron chi connectivity index (χ3n) is 3.26. The molecule has 0 saturated heterocycles. The Bertz CT molecular complexity index is 510. The molecule has 0 radical (unpaired) electrons. The molecule has 108 valence electrons. The summed E-state index contributed by atoms with van der Waals surface area (Å²) in [6.45, 7) is 10.6. The van der Waals surface area contributed by atoms with Crippen molar-refractivity contribution in [3.8, 4) is 0 Å². The zero-order valence-corrected chi connectivity index (χ0v) is 13.2. The molecule has 0 saturated carbocycles. The fourth-order valence-electron chi connectivity index (χ4n) is 1.82. The first-order valence-corrected chi connectivity index (χ1v) is 7.22. The van der Waals surface area contributed by atoms with Gasteiger partial charge >= 0.3 is 0 Å². The molecule has 0 aromatic heterocycles. The van der Waals surface area contributed by atoms with Crippen LogP contribution in [0.3, 0.4) is 0 Å². The number of hydrogen-bond donors (Lipinski definition) is 0. The molecule has 20 heavy (non-hydrogen) atoms. The first-order valence-electron chi connectivity index (χ1n) is 7.22. The summed E-state index contributed by atoms with van der Waals surface area (Å²) in [6.07, 6.45) is 0. The lowest BCUT2D eigenvalue weighted by Gasteiger charge is -2.03. The average Bonchev–Trinajstić information content (AvgIpc) is 2.40. The third-order valence-corrected chi connectivity index (χ3v) is 3.26. The molecule has 0 atom stereocenters. The van der Waals surface area contributed by atoms with Crippen molar-refractivity contribution < 1.29 is 4.39 Å². The van der Waals surface area contributed by atoms with Gasteiger partial charge in [-0.15, -0.1) is 0 Å². The van der Waals surface area contributed by atoms with E-state index in [2.05, 4.69) is 58.9 Å². The lowest BCUT2D eigenvalue weighted by atomic mass is 10.0. The molecule has 0 amide bonds. The van der Waals surface area contributed by atoms with Gasteiger partial charge in [0.2, 0.25) is 0 Å². The molecular weight excluding hydrogens is 247 g/mol. The highest BCUT2D eigenvalue weighted by molar-refractivity contribution is 5.23. The second kappa shape index (κ2) is 7.84. The zero-order chi connectivity index (χ0) is 15.1. The lowest BCUT2D eigenvalue weighted by molar-refractivity contribution is 0.623. The van der Waals surface area contributed by atoms with Crippen molar-refractivity contribution in [1.82, 2.24) is 0 Å². The molecular formula is C19H25F. The Morgan fingerprint density at radius 3 is 1.70 bits per heavy atom. The predicted molar refractivity (Wildman–Crippen MR) is 85.8 cm³/mol. The van der Waals surface area contributed by atoms with Crippen molar-refractivity contribution in [1.29, 1.82) is 0 Å². The van der Waals surface area contributed by atoms with Gasteiger partial charge in [0, 0.05) is 0 Å². The normalized spacial score (nSPS) is 10.4. The predicted octanol–water partition coefficient (Wildman–Crippen LogP) is 6.07. The van der Waals surface area contributed by atoms with Crippen molar-refractivity contribution in [3.63, 3.8) is 0 Å². The Morgan fingerprint density at radius 1 is 0.750 bits per heavy atom. The van der Waals surface area contributed by atoms with E-state index in [0.29, 0.717) is 11.8 Å². The largest absolute Gasteiger partial charge is 0.207 e. The minimum Gasteiger partial charge on any atom is -0.207 e. The van der Waals surface area contributed by atoms with E-state index >= 15 is 0 Å². The fraction of sp³-hybridized carbons (Fsp3) is 0.368. The number of hydrogen-bond acceptors (Lipinski definition) is 0. The Kier molecular flexibility index (Phi) is 6.44. The van der Waals surface area contributed by atoms with Crippen molar-refractivity contribution in [2.24, 2.45) is 0 Å². The van der Waals surface area contributed by atoms with Crippen LogP contribution in [0.4, 0.5) is 4.39 Å². The van der Waals surface area contributed by atoms with E-state index < -0.39 is 0 Å². The van der Waals surface area contributed by atoms with Gasteiger partial charge in [-0.2, -0.15) is 0 Å². The van der Waals surface area contributed by atoms with Gasteiger partial charge in [0.25, 0.3) is 0 Å². The maximum absolute atomic E-state index is 12.5. The first kappa shape index (κ1) is 16.4. The molecule has 0 fully saturated rings. The van der Waals surface area contributed by atoms with Gasteiger partial charge in [-0.1, -0.05) is 69.7 Å². The molecule has 0 unspecified atom stereocenters. The number of rotatable bonds is 2. The van der Waals surface area contributed by atoms with Gasteiger partial charge in [0.15, 0.2) is 0 Å². The van der Waals surface area contributed by atoms with Crippen LogP contribution in [-0.2, 0) is 0 Å². The lowest BCUT2D eigenvalue weighted by Crippen LogP contribution is -1.86. The molecule has 2 aromatic carbocycles. The topological polar surface area (TPSA) is 0 Å². The molecule has 0 bridgehead atoms. The second-order valence-electron chi connectivity index (χ2n) is 5.78. The van der Waals surface area contributed by atoms with Crippen molar-refractivity contribution in [3.05, 3.63) is 71.0 Å². The quantitative estimate of drug-likeness (QED) is 0.622. The molecule has 0 heterocycles. The first-order chi connectivity index (χ1) is 9.40. The maximum Gasteiger partial charge on any atom is 0.123 e. The van der Waals surface area contributed by atoms with Gasteiger partial charge in [-0.25, -0.2) is 4.39 Å². The van der Waals surface area contributed by atoms with Gasteiger partial charge in [-0.3, -0.25) is 0 Å². The number of halogens is 1. The summed E-state index contributed by atoms with van der Waals surface area (Å²) in [5.41, 5.74) is 3.81. The van der Waals surface area contributed by atoms with E-state index in [0.717, 1.165) is 5.56 Å². The monoisotopic (exact) mass is 272 g/mol. The smallest absolute Gasteiger partial charge is 0.123 e. The average molecular weight is 272 g/mol. The van der Waals surface area contributed by atoms with Crippen molar-refractivity contribution >= 4 is 0 Å². The zero-order valence-electron chi connectivity index (χ0n) is 13.2. The minimum atomic E-state index is -0.147. The van der Waals surface area contributed by atoms with E-state index in [-0.39, 0.29) is 5.82 Å². The van der Waals surface area contributed by atoms with Gasteiger partial charge in [0.1, 0.15) is 5.82 Å². The second-order valence-corrected chi connectivity index (χ2v) is 5.78. The summed E-state index contributed by atoms with van der Waals surface area (Å²) in [7, 11) is 0. The maximum atomic E-state index is 12.5. The van der Waals surface area contributed by atoms with Crippen LogP contribution in [0.5, 0.6) is 0 Å². The van der Waals surface area contributed by atoms with Crippen LogP contribution >= 0.6 is 0 Å². The van der Waals surface area contributed by atoms with Crippen LogP contribution in [0.2, 0.25) is 0 Å². The summed E-state index contributed by atoms with van der Waals surface area (Å²) in [5, 5.41) is 0. The van der Waals surface area contributed by atoms with Gasteiger partial charge < -0.3 is 0 Å². The molecule has 1 heteroatoms. The fourth-order valence-corrected chi connectivity index (χ4v) is 1.82. The van der Waals surface area contributed by atoms with Crippen LogP contribution in [-0.4, -0.2) is 0 Å². The molecule has 2 rings (SSSR count). The molecule has 0 aliphatic carbocycles. The minimum absolute atomic E-state index is 0.147. The van der Waals surface area contributed by atoms with E-state index in [1.165, 1.54) is 17.2 Å². The van der Waals surface area contributed by atoms with Crippen LogP contribution < -0.4 is 0 Å². The van der Waals surface area contributed by atoms with Crippen LogP contribution in [0, 0.1) is 12.7 Å². The summed E-state index contributed by atoms with van der Waals surface area (Å²) < 4.78 is 12.5. The van der Waals surface area contributed by atoms with Crippen molar-refractivity contribution in [2.75, 3.05) is 0 Å². The summed E-state index contributed by atoms with van der Waals surface area (Å²) >= 11 is 0. The van der Waals surface area contributed by atoms with Gasteiger partial charge in [0.05, 0.1) is 0 Å². The van der Waals surface area contributed by atoms with E-state index in [1.807, 2.05) is 6.07 Å². The molecule has 0 N–H and O–H groups in total. The molecule has 2 aromatic rings. The Balaban J connectivity index is 0.000000200. The van der Waals surface area contributed by atoms with E-state index in [4.69, 9.17) is 0 Å². The Morgan fingerprint density at radius 2 is 1.30 bits per heavy atom. The van der Waals surface area contributed by atoms with E-state index in [9.17, 15) is 4.39 Å². The molecule has 0 spiro atoms. The standard InChI is InChI=1S/C10H14.C9H11F/c1-8(2)10-6-4-9(3)5-7-10;1-7(2)8-4-3-5-9(10)6-8/h4-8H,1-3H3;3-7H,1-2H3. The highest BCUT2D eigenvalue weighted by Gasteiger charge is 1.98. The Labute approximate surface area is 122 Å². The van der Waals surface area contributed by atoms with Gasteiger partial charge in [-0.05, 0) is 42.0 Å². The molecule has 0 aliphatic heterocycles. The Hall–Kier alpha value is -1.63. The third kappa shape index (κ3) is 5.56.